The van der Waals surface area contributed by atoms with Crippen molar-refractivity contribution in [2.45, 2.75) is 6.42 Å². The van der Waals surface area contributed by atoms with E-state index in [0.717, 1.165) is 10.4 Å². The van der Waals surface area contributed by atoms with Crippen molar-refractivity contribution in [1.82, 2.24) is 0 Å². The van der Waals surface area contributed by atoms with Crippen molar-refractivity contribution < 1.29 is 14.7 Å². The number of aliphatic carboxylic acids is 1. The number of para-hydroxylation sites is 1. The SMILES string of the molecule is O=C(O)CC(=O)Nc1ccccc1-c1cccs1. The monoisotopic (exact) mass is 261 g/mol. The first kappa shape index (κ1) is 12.3. The lowest BCUT2D eigenvalue weighted by atomic mass is 10.1. The number of carboxylic acid groups (broad SMARTS) is 1. The number of rotatable bonds is 4. The van der Waals surface area contributed by atoms with Gasteiger partial charge in [0.05, 0.1) is 0 Å². The zero-order valence-corrected chi connectivity index (χ0v) is 10.2. The second-order valence-electron chi connectivity index (χ2n) is 3.64. The van der Waals surface area contributed by atoms with Crippen LogP contribution in [0.1, 0.15) is 6.42 Å². The molecule has 0 saturated heterocycles. The molecule has 0 fully saturated rings. The number of thiophene rings is 1. The molecule has 2 aromatic rings. The van der Waals surface area contributed by atoms with Gasteiger partial charge in [0.2, 0.25) is 5.91 Å². The molecule has 0 aliphatic carbocycles. The molecule has 1 amide bonds. The van der Waals surface area contributed by atoms with E-state index in [1.54, 1.807) is 23.5 Å². The summed E-state index contributed by atoms with van der Waals surface area (Å²) in [6.07, 6.45) is -0.529. The summed E-state index contributed by atoms with van der Waals surface area (Å²) >= 11 is 1.56. The molecule has 0 saturated carbocycles. The zero-order chi connectivity index (χ0) is 13.0. The lowest BCUT2D eigenvalue weighted by Crippen LogP contribution is -2.16. The Bertz CT molecular complexity index is 563. The molecule has 0 radical (unpaired) electrons. The van der Waals surface area contributed by atoms with E-state index in [1.165, 1.54) is 0 Å². The largest absolute Gasteiger partial charge is 0.481 e. The Morgan fingerprint density at radius 3 is 2.61 bits per heavy atom. The molecule has 0 bridgehead atoms. The highest BCUT2D eigenvalue weighted by Crippen LogP contribution is 2.31. The highest BCUT2D eigenvalue weighted by Gasteiger charge is 2.11. The van der Waals surface area contributed by atoms with Crippen molar-refractivity contribution in [2.24, 2.45) is 0 Å². The predicted molar refractivity (Wildman–Crippen MR) is 70.6 cm³/mol. The number of amides is 1. The third-order valence-corrected chi connectivity index (χ3v) is 3.20. The topological polar surface area (TPSA) is 66.4 Å². The fourth-order valence-corrected chi connectivity index (χ4v) is 2.34. The predicted octanol–water partition coefficient (Wildman–Crippen LogP) is 2.83. The third-order valence-electron chi connectivity index (χ3n) is 2.30. The maximum absolute atomic E-state index is 11.5. The van der Waals surface area contributed by atoms with Crippen LogP contribution >= 0.6 is 11.3 Å². The first-order valence-corrected chi connectivity index (χ1v) is 6.19. The summed E-state index contributed by atoms with van der Waals surface area (Å²) in [5, 5.41) is 13.1. The molecule has 92 valence electrons. The number of carboxylic acids is 1. The Balaban J connectivity index is 2.23. The molecule has 0 atom stereocenters. The van der Waals surface area contributed by atoms with Crippen molar-refractivity contribution >= 4 is 28.9 Å². The van der Waals surface area contributed by atoms with Crippen LogP contribution in [0.3, 0.4) is 0 Å². The van der Waals surface area contributed by atoms with Gasteiger partial charge in [-0.05, 0) is 17.5 Å². The van der Waals surface area contributed by atoms with Gasteiger partial charge in [0, 0.05) is 16.1 Å². The highest BCUT2D eigenvalue weighted by atomic mass is 32.1. The number of anilines is 1. The van der Waals surface area contributed by atoms with Crippen LogP contribution in [-0.2, 0) is 9.59 Å². The van der Waals surface area contributed by atoms with E-state index in [-0.39, 0.29) is 0 Å². The Labute approximate surface area is 108 Å². The molecule has 1 aromatic heterocycles. The zero-order valence-electron chi connectivity index (χ0n) is 9.42. The summed E-state index contributed by atoms with van der Waals surface area (Å²) in [5.41, 5.74) is 1.53. The van der Waals surface area contributed by atoms with E-state index in [2.05, 4.69) is 5.32 Å². The minimum atomic E-state index is -1.14. The molecule has 2 rings (SSSR count). The van der Waals surface area contributed by atoms with Crippen molar-refractivity contribution in [3.63, 3.8) is 0 Å². The molecule has 5 heteroatoms. The number of hydrogen-bond acceptors (Lipinski definition) is 3. The van der Waals surface area contributed by atoms with E-state index in [9.17, 15) is 9.59 Å². The first-order valence-electron chi connectivity index (χ1n) is 5.31. The molecule has 0 unspecified atom stereocenters. The van der Waals surface area contributed by atoms with Crippen LogP contribution in [0.25, 0.3) is 10.4 Å². The highest BCUT2D eigenvalue weighted by molar-refractivity contribution is 7.13. The Kier molecular flexibility index (Phi) is 3.74. The van der Waals surface area contributed by atoms with Crippen LogP contribution in [0.4, 0.5) is 5.69 Å². The molecule has 0 aliphatic rings. The number of carbonyl (C=O) groups excluding carboxylic acids is 1. The maximum Gasteiger partial charge on any atom is 0.312 e. The summed E-state index contributed by atoms with van der Waals surface area (Å²) in [6.45, 7) is 0. The lowest BCUT2D eigenvalue weighted by Gasteiger charge is -2.08. The average Bonchev–Trinajstić information content (AvgIpc) is 2.81. The number of carbonyl (C=O) groups is 2. The van der Waals surface area contributed by atoms with Crippen molar-refractivity contribution in [3.05, 3.63) is 41.8 Å². The van der Waals surface area contributed by atoms with Crippen LogP contribution in [0, 0.1) is 0 Å². The molecule has 18 heavy (non-hydrogen) atoms. The first-order chi connectivity index (χ1) is 8.66. The maximum atomic E-state index is 11.5. The summed E-state index contributed by atoms with van der Waals surface area (Å²) in [6, 6.07) is 11.2. The van der Waals surface area contributed by atoms with Crippen LogP contribution < -0.4 is 5.32 Å². The summed E-state index contributed by atoms with van der Waals surface area (Å²) in [4.78, 5) is 22.9. The van der Waals surface area contributed by atoms with E-state index >= 15 is 0 Å². The molecule has 1 aromatic carbocycles. The average molecular weight is 261 g/mol. The fourth-order valence-electron chi connectivity index (χ4n) is 1.57. The van der Waals surface area contributed by atoms with E-state index < -0.39 is 18.3 Å². The van der Waals surface area contributed by atoms with E-state index in [0.29, 0.717) is 5.69 Å². The van der Waals surface area contributed by atoms with Gasteiger partial charge in [-0.1, -0.05) is 24.3 Å². The summed E-state index contributed by atoms with van der Waals surface area (Å²) < 4.78 is 0. The van der Waals surface area contributed by atoms with Crippen LogP contribution in [0.2, 0.25) is 0 Å². The van der Waals surface area contributed by atoms with Crippen LogP contribution in [0.15, 0.2) is 41.8 Å². The van der Waals surface area contributed by atoms with Crippen molar-refractivity contribution in [1.29, 1.82) is 0 Å². The number of nitrogens with one attached hydrogen (secondary N) is 1. The van der Waals surface area contributed by atoms with Gasteiger partial charge in [0.25, 0.3) is 0 Å². The van der Waals surface area contributed by atoms with Crippen molar-refractivity contribution in [3.8, 4) is 10.4 Å². The van der Waals surface area contributed by atoms with Gasteiger partial charge >= 0.3 is 5.97 Å². The van der Waals surface area contributed by atoms with Crippen molar-refractivity contribution in [2.75, 3.05) is 5.32 Å². The van der Waals surface area contributed by atoms with E-state index in [1.807, 2.05) is 29.6 Å². The van der Waals surface area contributed by atoms with Gasteiger partial charge in [-0.3, -0.25) is 9.59 Å². The van der Waals surface area contributed by atoms with Crippen LogP contribution in [0.5, 0.6) is 0 Å². The Morgan fingerprint density at radius 1 is 1.17 bits per heavy atom. The van der Waals surface area contributed by atoms with E-state index in [4.69, 9.17) is 5.11 Å². The molecule has 1 heterocycles. The van der Waals surface area contributed by atoms with Gasteiger partial charge in [0.1, 0.15) is 6.42 Å². The van der Waals surface area contributed by atoms with Gasteiger partial charge in [-0.2, -0.15) is 0 Å². The van der Waals surface area contributed by atoms with Gasteiger partial charge in [0.15, 0.2) is 0 Å². The third kappa shape index (κ3) is 2.95. The Morgan fingerprint density at radius 2 is 1.94 bits per heavy atom. The smallest absolute Gasteiger partial charge is 0.312 e. The molecule has 0 aliphatic heterocycles. The standard InChI is InChI=1S/C13H11NO3S/c15-12(8-13(16)17)14-10-5-2-1-4-9(10)11-6-3-7-18-11/h1-7H,8H2,(H,14,15)(H,16,17). The van der Waals surface area contributed by atoms with Crippen LogP contribution in [-0.4, -0.2) is 17.0 Å². The molecular formula is C13H11NO3S. The summed E-state index contributed by atoms with van der Waals surface area (Å²) in [7, 11) is 0. The Hall–Kier alpha value is -2.14. The molecule has 0 spiro atoms. The minimum absolute atomic E-state index is 0.522. The number of benzene rings is 1. The normalized spacial score (nSPS) is 10.0. The quantitative estimate of drug-likeness (QED) is 0.832. The fraction of sp³-hybridized carbons (Fsp3) is 0.0769. The molecular weight excluding hydrogens is 250 g/mol. The second kappa shape index (κ2) is 5.46. The lowest BCUT2D eigenvalue weighted by molar-refractivity contribution is -0.139. The molecule has 2 N–H and O–H groups in total. The summed E-state index contributed by atoms with van der Waals surface area (Å²) in [5.74, 6) is -1.66. The number of hydrogen-bond donors (Lipinski definition) is 2. The van der Waals surface area contributed by atoms with Gasteiger partial charge in [-0.15, -0.1) is 11.3 Å². The molecule has 4 nitrogen and oxygen atoms in total. The minimum Gasteiger partial charge on any atom is -0.481 e. The second-order valence-corrected chi connectivity index (χ2v) is 4.59. The van der Waals surface area contributed by atoms with Gasteiger partial charge in [-0.25, -0.2) is 0 Å². The van der Waals surface area contributed by atoms with Gasteiger partial charge < -0.3 is 10.4 Å².